The molecule has 0 spiro atoms. The average molecular weight is 323 g/mol. The Kier molecular flexibility index (Phi) is 4.51. The molecule has 0 saturated heterocycles. The quantitative estimate of drug-likeness (QED) is 0.909. The highest BCUT2D eigenvalue weighted by Crippen LogP contribution is 2.30. The summed E-state index contributed by atoms with van der Waals surface area (Å²) in [7, 11) is 0. The van der Waals surface area contributed by atoms with Gasteiger partial charge in [-0.25, -0.2) is 0 Å². The highest BCUT2D eigenvalue weighted by molar-refractivity contribution is 5.97. The van der Waals surface area contributed by atoms with Gasteiger partial charge in [0.1, 0.15) is 6.04 Å². The molecule has 0 aromatic heterocycles. The molecule has 0 fully saturated rings. The zero-order chi connectivity index (χ0) is 17.1. The predicted octanol–water partition coefficient (Wildman–Crippen LogP) is 3.03. The molecule has 3 rings (SSSR count). The summed E-state index contributed by atoms with van der Waals surface area (Å²) < 4.78 is 0. The first-order chi connectivity index (χ1) is 11.5. The highest BCUT2D eigenvalue weighted by Gasteiger charge is 2.22. The van der Waals surface area contributed by atoms with Gasteiger partial charge in [-0.15, -0.1) is 0 Å². The number of rotatable bonds is 4. The number of amides is 2. The number of carbonyl (C=O) groups is 2. The standard InChI is InChI=1S/C19H21N3O2/c1-13(19(24)21-16-6-4-3-5-7-16)20-17-8-9-18-15(12-17)10-11-22(18)14(2)23/h3-9,12-13,20H,10-11H2,1-2H3,(H,21,24)/t13-/m1/s1. The van der Waals surface area contributed by atoms with Crippen LogP contribution in [0.25, 0.3) is 0 Å². The lowest BCUT2D eigenvalue weighted by molar-refractivity contribution is -0.117. The Hall–Kier alpha value is -2.82. The van der Waals surface area contributed by atoms with Crippen LogP contribution in [-0.2, 0) is 16.0 Å². The molecular formula is C19H21N3O2. The minimum Gasteiger partial charge on any atom is -0.374 e. The summed E-state index contributed by atoms with van der Waals surface area (Å²) in [5, 5.41) is 6.10. The van der Waals surface area contributed by atoms with Gasteiger partial charge in [-0.05, 0) is 49.2 Å². The first-order valence-corrected chi connectivity index (χ1v) is 8.08. The highest BCUT2D eigenvalue weighted by atomic mass is 16.2. The third-order valence-electron chi connectivity index (χ3n) is 4.17. The van der Waals surface area contributed by atoms with Gasteiger partial charge in [0.25, 0.3) is 0 Å². The van der Waals surface area contributed by atoms with Crippen LogP contribution in [0.4, 0.5) is 17.1 Å². The summed E-state index contributed by atoms with van der Waals surface area (Å²) in [6, 6.07) is 14.9. The smallest absolute Gasteiger partial charge is 0.246 e. The van der Waals surface area contributed by atoms with Crippen molar-refractivity contribution in [1.82, 2.24) is 0 Å². The fourth-order valence-corrected chi connectivity index (χ4v) is 2.91. The maximum atomic E-state index is 12.3. The lowest BCUT2D eigenvalue weighted by Gasteiger charge is -2.17. The number of carbonyl (C=O) groups excluding carboxylic acids is 2. The van der Waals surface area contributed by atoms with Crippen molar-refractivity contribution in [3.05, 3.63) is 54.1 Å². The number of benzene rings is 2. The maximum absolute atomic E-state index is 12.3. The van der Waals surface area contributed by atoms with Crippen molar-refractivity contribution < 1.29 is 9.59 Å². The zero-order valence-corrected chi connectivity index (χ0v) is 13.9. The van der Waals surface area contributed by atoms with Crippen molar-refractivity contribution in [3.8, 4) is 0 Å². The number of nitrogens with zero attached hydrogens (tertiary/aromatic N) is 1. The largest absolute Gasteiger partial charge is 0.374 e. The first-order valence-electron chi connectivity index (χ1n) is 8.08. The molecule has 5 heteroatoms. The average Bonchev–Trinajstić information content (AvgIpc) is 2.99. The van der Waals surface area contributed by atoms with E-state index in [-0.39, 0.29) is 17.9 Å². The number of fused-ring (bicyclic) bond motifs is 1. The summed E-state index contributed by atoms with van der Waals surface area (Å²) in [4.78, 5) is 25.6. The Bertz CT molecular complexity index is 758. The van der Waals surface area contributed by atoms with Crippen LogP contribution in [0.1, 0.15) is 19.4 Å². The van der Waals surface area contributed by atoms with E-state index < -0.39 is 0 Å². The molecule has 5 nitrogen and oxygen atoms in total. The van der Waals surface area contributed by atoms with Crippen LogP contribution in [0.5, 0.6) is 0 Å². The number of hydrogen-bond donors (Lipinski definition) is 2. The van der Waals surface area contributed by atoms with Crippen molar-refractivity contribution in [2.45, 2.75) is 26.3 Å². The third kappa shape index (κ3) is 3.40. The Morgan fingerprint density at radius 2 is 1.83 bits per heavy atom. The molecule has 1 aliphatic heterocycles. The van der Waals surface area contributed by atoms with E-state index in [1.54, 1.807) is 11.8 Å². The van der Waals surface area contributed by atoms with Crippen molar-refractivity contribution >= 4 is 28.9 Å². The summed E-state index contributed by atoms with van der Waals surface area (Å²) in [5.74, 6) is -0.0304. The summed E-state index contributed by atoms with van der Waals surface area (Å²) in [6.45, 7) is 4.13. The molecule has 2 N–H and O–H groups in total. The molecule has 1 aliphatic rings. The third-order valence-corrected chi connectivity index (χ3v) is 4.17. The molecule has 1 heterocycles. The van der Waals surface area contributed by atoms with Crippen LogP contribution in [0.3, 0.4) is 0 Å². The monoisotopic (exact) mass is 323 g/mol. The lowest BCUT2D eigenvalue weighted by atomic mass is 10.1. The van der Waals surface area contributed by atoms with E-state index in [1.807, 2.05) is 55.5 Å². The minimum absolute atomic E-state index is 0.0602. The fourth-order valence-electron chi connectivity index (χ4n) is 2.91. The van der Waals surface area contributed by atoms with E-state index in [0.29, 0.717) is 0 Å². The van der Waals surface area contributed by atoms with Crippen molar-refractivity contribution in [3.63, 3.8) is 0 Å². The summed E-state index contributed by atoms with van der Waals surface area (Å²) >= 11 is 0. The second-order valence-corrected chi connectivity index (χ2v) is 5.99. The van der Waals surface area contributed by atoms with E-state index in [1.165, 1.54) is 0 Å². The Morgan fingerprint density at radius 1 is 1.08 bits per heavy atom. The topological polar surface area (TPSA) is 61.4 Å². The summed E-state index contributed by atoms with van der Waals surface area (Å²) in [5.41, 5.74) is 3.76. The normalized spacial score (nSPS) is 14.0. The van der Waals surface area contributed by atoms with Crippen LogP contribution >= 0.6 is 0 Å². The van der Waals surface area contributed by atoms with Gasteiger partial charge in [0, 0.05) is 30.5 Å². The lowest BCUT2D eigenvalue weighted by Crippen LogP contribution is -2.31. The molecule has 0 radical (unpaired) electrons. The Morgan fingerprint density at radius 3 is 2.54 bits per heavy atom. The fraction of sp³-hybridized carbons (Fsp3) is 0.263. The van der Waals surface area contributed by atoms with Gasteiger partial charge in [0.15, 0.2) is 0 Å². The Labute approximate surface area is 141 Å². The van der Waals surface area contributed by atoms with Crippen LogP contribution in [0.2, 0.25) is 0 Å². The molecular weight excluding hydrogens is 302 g/mol. The summed E-state index contributed by atoms with van der Waals surface area (Å²) in [6.07, 6.45) is 0.842. The van der Waals surface area contributed by atoms with Gasteiger partial charge in [-0.2, -0.15) is 0 Å². The molecule has 2 aromatic rings. The van der Waals surface area contributed by atoms with Crippen LogP contribution in [0.15, 0.2) is 48.5 Å². The maximum Gasteiger partial charge on any atom is 0.246 e. The van der Waals surface area contributed by atoms with E-state index >= 15 is 0 Å². The number of nitrogens with one attached hydrogen (secondary N) is 2. The van der Waals surface area contributed by atoms with Gasteiger partial charge in [0.2, 0.25) is 11.8 Å². The van der Waals surface area contributed by atoms with Crippen LogP contribution < -0.4 is 15.5 Å². The molecule has 0 bridgehead atoms. The van der Waals surface area contributed by atoms with Gasteiger partial charge in [0.05, 0.1) is 0 Å². The zero-order valence-electron chi connectivity index (χ0n) is 13.9. The van der Waals surface area contributed by atoms with Crippen molar-refractivity contribution in [2.24, 2.45) is 0 Å². The number of anilines is 3. The second kappa shape index (κ2) is 6.74. The molecule has 1 atom stereocenters. The molecule has 2 amide bonds. The Balaban J connectivity index is 1.66. The van der Waals surface area contributed by atoms with Crippen LogP contribution in [0, 0.1) is 0 Å². The van der Waals surface area contributed by atoms with E-state index in [2.05, 4.69) is 10.6 Å². The van der Waals surface area contributed by atoms with E-state index in [4.69, 9.17) is 0 Å². The SMILES string of the molecule is CC(=O)N1CCc2cc(N[C@H](C)C(=O)Nc3ccccc3)ccc21. The van der Waals surface area contributed by atoms with Crippen molar-refractivity contribution in [1.29, 1.82) is 0 Å². The van der Waals surface area contributed by atoms with Gasteiger partial charge in [-0.3, -0.25) is 9.59 Å². The number of para-hydroxylation sites is 1. The number of hydrogen-bond acceptors (Lipinski definition) is 3. The van der Waals surface area contributed by atoms with E-state index in [9.17, 15) is 9.59 Å². The van der Waals surface area contributed by atoms with Crippen molar-refractivity contribution in [2.75, 3.05) is 22.1 Å². The molecule has 2 aromatic carbocycles. The molecule has 124 valence electrons. The molecule has 0 unspecified atom stereocenters. The van der Waals surface area contributed by atoms with Crippen LogP contribution in [-0.4, -0.2) is 24.4 Å². The second-order valence-electron chi connectivity index (χ2n) is 5.99. The van der Waals surface area contributed by atoms with E-state index in [0.717, 1.165) is 35.6 Å². The van der Waals surface area contributed by atoms with Gasteiger partial charge >= 0.3 is 0 Å². The van der Waals surface area contributed by atoms with Gasteiger partial charge in [-0.1, -0.05) is 18.2 Å². The molecule has 0 aliphatic carbocycles. The minimum atomic E-state index is -0.367. The molecule has 24 heavy (non-hydrogen) atoms. The van der Waals surface area contributed by atoms with Gasteiger partial charge < -0.3 is 15.5 Å². The predicted molar refractivity (Wildman–Crippen MR) is 96.3 cm³/mol. The molecule has 0 saturated carbocycles. The first kappa shape index (κ1) is 16.1.